The molecular formula is C24H26N8OS. The van der Waals surface area contributed by atoms with Gasteiger partial charge in [0, 0.05) is 55.4 Å². The Morgan fingerprint density at radius 3 is 2.65 bits per heavy atom. The molecule has 2 bridgehead atoms. The first kappa shape index (κ1) is 21.3. The zero-order chi connectivity index (χ0) is 23.4. The largest absolute Gasteiger partial charge is 0.384 e. The molecule has 2 N–H and O–H groups in total. The van der Waals surface area contributed by atoms with E-state index in [1.54, 1.807) is 37.6 Å². The molecule has 0 aromatic carbocycles. The van der Waals surface area contributed by atoms with Crippen LogP contribution in [0.25, 0.3) is 20.8 Å². The average molecular weight is 475 g/mol. The van der Waals surface area contributed by atoms with E-state index in [1.807, 2.05) is 30.5 Å². The summed E-state index contributed by atoms with van der Waals surface area (Å²) < 4.78 is 0.989. The number of nitrogens with zero attached hydrogens (tertiary/aromatic N) is 7. The first-order chi connectivity index (χ1) is 16.3. The molecule has 2 aliphatic rings. The Labute approximate surface area is 201 Å². The van der Waals surface area contributed by atoms with Gasteiger partial charge in [0.2, 0.25) is 5.95 Å². The molecule has 34 heavy (non-hydrogen) atoms. The second kappa shape index (κ2) is 7.93. The van der Waals surface area contributed by atoms with Crippen LogP contribution in [0.4, 0.5) is 17.6 Å². The Hall–Kier alpha value is -3.21. The quantitative estimate of drug-likeness (QED) is 0.450. The monoisotopic (exact) mass is 474 g/mol. The number of fused-ring (bicyclic) bond motifs is 3. The molecule has 174 valence electrons. The maximum Gasteiger partial charge on any atom is 0.227 e. The minimum absolute atomic E-state index is 0.485. The van der Waals surface area contributed by atoms with Crippen LogP contribution in [0, 0.1) is 0 Å². The Morgan fingerprint density at radius 1 is 1.03 bits per heavy atom. The van der Waals surface area contributed by atoms with E-state index in [4.69, 9.17) is 9.97 Å². The SMILES string of the molecule is CN1C[C@@H]2C[C@H]1CN2c1nccc(Nc2cc3nc(-c4ccnc(C(C)(C)O)c4)sc3cn2)n1. The summed E-state index contributed by atoms with van der Waals surface area (Å²) in [7, 11) is 2.19. The molecule has 0 radical (unpaired) electrons. The molecule has 4 aromatic heterocycles. The number of aliphatic hydroxyl groups is 1. The number of nitrogens with one attached hydrogen (secondary N) is 1. The summed E-state index contributed by atoms with van der Waals surface area (Å²) in [6.07, 6.45) is 6.51. The van der Waals surface area contributed by atoms with E-state index < -0.39 is 5.60 Å². The molecule has 2 fully saturated rings. The minimum atomic E-state index is -1.01. The lowest BCUT2D eigenvalue weighted by molar-refractivity contribution is 0.0739. The zero-order valence-electron chi connectivity index (χ0n) is 19.3. The van der Waals surface area contributed by atoms with Crippen molar-refractivity contribution < 1.29 is 5.11 Å². The second-order valence-electron chi connectivity index (χ2n) is 9.55. The molecule has 0 unspecified atom stereocenters. The molecule has 0 aliphatic carbocycles. The molecular weight excluding hydrogens is 448 g/mol. The number of likely N-dealkylation sites (N-methyl/N-ethyl adjacent to an activating group) is 1. The highest BCUT2D eigenvalue weighted by atomic mass is 32.1. The Bertz CT molecular complexity index is 1360. The lowest BCUT2D eigenvalue weighted by Gasteiger charge is -2.31. The summed E-state index contributed by atoms with van der Waals surface area (Å²) in [5.41, 5.74) is 1.39. The van der Waals surface area contributed by atoms with Gasteiger partial charge in [-0.1, -0.05) is 0 Å². The van der Waals surface area contributed by atoms with Crippen molar-refractivity contribution in [2.45, 2.75) is 38.0 Å². The van der Waals surface area contributed by atoms with E-state index in [0.717, 1.165) is 39.8 Å². The average Bonchev–Trinajstić information content (AvgIpc) is 3.52. The number of rotatable bonds is 5. The van der Waals surface area contributed by atoms with Gasteiger partial charge in [-0.15, -0.1) is 11.3 Å². The predicted molar refractivity (Wildman–Crippen MR) is 133 cm³/mol. The van der Waals surface area contributed by atoms with E-state index in [9.17, 15) is 5.11 Å². The Kier molecular flexibility index (Phi) is 4.98. The molecule has 9 nitrogen and oxygen atoms in total. The summed E-state index contributed by atoms with van der Waals surface area (Å²) >= 11 is 1.56. The summed E-state index contributed by atoms with van der Waals surface area (Å²) in [4.78, 5) is 27.7. The number of hydrogen-bond donors (Lipinski definition) is 2. The van der Waals surface area contributed by atoms with Crippen molar-refractivity contribution in [1.29, 1.82) is 0 Å². The van der Waals surface area contributed by atoms with Crippen LogP contribution in [0.2, 0.25) is 0 Å². The summed E-state index contributed by atoms with van der Waals surface area (Å²) in [6.45, 7) is 5.49. The molecule has 2 saturated heterocycles. The summed E-state index contributed by atoms with van der Waals surface area (Å²) in [5, 5.41) is 14.5. The normalized spacial score (nSPS) is 20.4. The second-order valence-corrected chi connectivity index (χ2v) is 10.6. The van der Waals surface area contributed by atoms with Crippen molar-refractivity contribution in [3.63, 3.8) is 0 Å². The van der Waals surface area contributed by atoms with Gasteiger partial charge in [-0.25, -0.2) is 15.0 Å². The third kappa shape index (κ3) is 3.87. The van der Waals surface area contributed by atoms with Crippen molar-refractivity contribution in [2.24, 2.45) is 0 Å². The first-order valence-corrected chi connectivity index (χ1v) is 12.2. The van der Waals surface area contributed by atoms with E-state index in [-0.39, 0.29) is 0 Å². The summed E-state index contributed by atoms with van der Waals surface area (Å²) in [6, 6.07) is 8.66. The number of thiazole rings is 1. The van der Waals surface area contributed by atoms with Crippen LogP contribution in [-0.2, 0) is 5.60 Å². The molecule has 2 atom stereocenters. The van der Waals surface area contributed by atoms with Gasteiger partial charge in [-0.05, 0) is 45.5 Å². The Morgan fingerprint density at radius 2 is 1.88 bits per heavy atom. The van der Waals surface area contributed by atoms with Crippen molar-refractivity contribution in [2.75, 3.05) is 30.4 Å². The van der Waals surface area contributed by atoms with Crippen LogP contribution in [0.3, 0.4) is 0 Å². The van der Waals surface area contributed by atoms with Gasteiger partial charge in [-0.3, -0.25) is 9.88 Å². The lowest BCUT2D eigenvalue weighted by Crippen LogP contribution is -2.45. The third-order valence-electron chi connectivity index (χ3n) is 6.58. The van der Waals surface area contributed by atoms with Gasteiger partial charge in [0.15, 0.2) is 0 Å². The van der Waals surface area contributed by atoms with Crippen LogP contribution in [0.15, 0.2) is 42.9 Å². The van der Waals surface area contributed by atoms with E-state index >= 15 is 0 Å². The highest BCUT2D eigenvalue weighted by Gasteiger charge is 2.42. The molecule has 6 rings (SSSR count). The van der Waals surface area contributed by atoms with Crippen LogP contribution in [-0.4, -0.2) is 67.1 Å². The van der Waals surface area contributed by atoms with E-state index in [0.29, 0.717) is 29.4 Å². The molecule has 0 spiro atoms. The van der Waals surface area contributed by atoms with Crippen LogP contribution >= 0.6 is 11.3 Å². The van der Waals surface area contributed by atoms with Crippen molar-refractivity contribution in [3.8, 4) is 10.6 Å². The topological polar surface area (TPSA) is 103 Å². The standard InChI is InChI=1S/C24H26N8OS/c1-24(2,33)19-8-14(4-6-25-19)22-28-17-10-21(27-11-18(17)34-22)29-20-5-7-26-23(30-20)32-13-15-9-16(32)12-31(15)3/h4-8,10-11,15-16,33H,9,12-13H2,1-3H3,(H,26,27,29,30)/t15-,16-/m0/s1. The van der Waals surface area contributed by atoms with Gasteiger partial charge in [0.25, 0.3) is 0 Å². The maximum absolute atomic E-state index is 10.3. The minimum Gasteiger partial charge on any atom is -0.384 e. The van der Waals surface area contributed by atoms with Crippen LogP contribution < -0.4 is 10.2 Å². The molecule has 2 aliphatic heterocycles. The molecule has 6 heterocycles. The van der Waals surface area contributed by atoms with Crippen molar-refractivity contribution >= 4 is 39.1 Å². The fraction of sp³-hybridized carbons (Fsp3) is 0.375. The van der Waals surface area contributed by atoms with Gasteiger partial charge < -0.3 is 15.3 Å². The van der Waals surface area contributed by atoms with E-state index in [2.05, 4.69) is 37.1 Å². The number of pyridine rings is 2. The third-order valence-corrected chi connectivity index (χ3v) is 7.63. The van der Waals surface area contributed by atoms with Crippen molar-refractivity contribution in [1.82, 2.24) is 29.8 Å². The number of likely N-dealkylation sites (tertiary alicyclic amines) is 1. The van der Waals surface area contributed by atoms with E-state index in [1.165, 1.54) is 6.42 Å². The number of aromatic nitrogens is 5. The number of piperazine rings is 1. The Balaban J connectivity index is 1.24. The van der Waals surface area contributed by atoms with Gasteiger partial charge >= 0.3 is 0 Å². The smallest absolute Gasteiger partial charge is 0.227 e. The first-order valence-electron chi connectivity index (χ1n) is 11.4. The molecule has 4 aromatic rings. The van der Waals surface area contributed by atoms with Gasteiger partial charge in [-0.2, -0.15) is 4.98 Å². The predicted octanol–water partition coefficient (Wildman–Crippen LogP) is 3.41. The van der Waals surface area contributed by atoms with Gasteiger partial charge in [0.1, 0.15) is 22.2 Å². The number of anilines is 3. The fourth-order valence-corrected chi connectivity index (χ4v) is 5.63. The zero-order valence-corrected chi connectivity index (χ0v) is 20.1. The van der Waals surface area contributed by atoms with Crippen LogP contribution in [0.5, 0.6) is 0 Å². The highest BCUT2D eigenvalue weighted by molar-refractivity contribution is 7.21. The van der Waals surface area contributed by atoms with Crippen molar-refractivity contribution in [3.05, 3.63) is 48.5 Å². The lowest BCUT2D eigenvalue weighted by atomic mass is 10.0. The molecule has 0 saturated carbocycles. The van der Waals surface area contributed by atoms with Crippen LogP contribution in [0.1, 0.15) is 26.0 Å². The highest BCUT2D eigenvalue weighted by Crippen LogP contribution is 2.34. The number of hydrogen-bond acceptors (Lipinski definition) is 10. The fourth-order valence-electron chi connectivity index (χ4n) is 4.72. The maximum atomic E-state index is 10.3. The molecule has 10 heteroatoms. The van der Waals surface area contributed by atoms with Gasteiger partial charge in [0.05, 0.1) is 15.9 Å². The summed E-state index contributed by atoms with van der Waals surface area (Å²) in [5.74, 6) is 2.17. The molecule has 0 amide bonds.